The molecule has 3 aromatic rings. The van der Waals surface area contributed by atoms with E-state index in [1.54, 1.807) is 56.7 Å². The maximum atomic E-state index is 11.9. The van der Waals surface area contributed by atoms with Crippen LogP contribution in [0.15, 0.2) is 42.5 Å². The van der Waals surface area contributed by atoms with E-state index in [2.05, 4.69) is 15.4 Å². The molecule has 2 aromatic carbocycles. The van der Waals surface area contributed by atoms with E-state index in [0.717, 1.165) is 4.80 Å². The van der Waals surface area contributed by atoms with Crippen molar-refractivity contribution in [3.8, 4) is 28.6 Å². The van der Waals surface area contributed by atoms with Gasteiger partial charge < -0.3 is 18.9 Å². The molecule has 0 amide bonds. The van der Waals surface area contributed by atoms with Crippen LogP contribution < -0.4 is 14.2 Å². The summed E-state index contributed by atoms with van der Waals surface area (Å²) >= 11 is 5.81. The molecule has 0 aliphatic heterocycles. The first-order valence-corrected chi connectivity index (χ1v) is 9.01. The van der Waals surface area contributed by atoms with Crippen LogP contribution in [-0.2, 0) is 16.1 Å². The summed E-state index contributed by atoms with van der Waals surface area (Å²) in [5.41, 5.74) is 0.679. The molecule has 0 radical (unpaired) electrons. The van der Waals surface area contributed by atoms with E-state index in [0.29, 0.717) is 33.7 Å². The van der Waals surface area contributed by atoms with Gasteiger partial charge in [-0.1, -0.05) is 11.6 Å². The number of benzene rings is 2. The molecule has 1 heterocycles. The summed E-state index contributed by atoms with van der Waals surface area (Å²) in [5.74, 6) is 1.63. The minimum absolute atomic E-state index is 0.0959. The van der Waals surface area contributed by atoms with Crippen molar-refractivity contribution in [3.05, 3.63) is 47.5 Å². The van der Waals surface area contributed by atoms with Gasteiger partial charge in [-0.15, -0.1) is 10.2 Å². The standard InChI is InChI=1S/C19H19ClN4O5/c1-26-16-8-3-13(11-17(16)27-2)19-21-23-24(22-19)12-18(25)29-10-9-28-15-6-4-14(20)5-7-15/h3-8,11H,9-10,12H2,1-2H3. The lowest BCUT2D eigenvalue weighted by Crippen LogP contribution is -2.18. The van der Waals surface area contributed by atoms with Crippen molar-refractivity contribution in [1.29, 1.82) is 0 Å². The molecule has 0 atom stereocenters. The lowest BCUT2D eigenvalue weighted by Gasteiger charge is -2.07. The van der Waals surface area contributed by atoms with Crippen LogP contribution in [-0.4, -0.2) is 53.6 Å². The molecule has 1 aromatic heterocycles. The fraction of sp³-hybridized carbons (Fsp3) is 0.263. The number of rotatable bonds is 9. The number of hydrogen-bond donors (Lipinski definition) is 0. The van der Waals surface area contributed by atoms with Gasteiger partial charge in [0.15, 0.2) is 18.0 Å². The zero-order chi connectivity index (χ0) is 20.6. The number of carbonyl (C=O) groups excluding carboxylic acids is 1. The average Bonchev–Trinajstić information content (AvgIpc) is 3.20. The smallest absolute Gasteiger partial charge is 0.329 e. The lowest BCUT2D eigenvalue weighted by atomic mass is 10.2. The van der Waals surface area contributed by atoms with Gasteiger partial charge in [0.05, 0.1) is 14.2 Å². The van der Waals surface area contributed by atoms with Gasteiger partial charge in [-0.05, 0) is 47.7 Å². The molecule has 0 saturated heterocycles. The van der Waals surface area contributed by atoms with Crippen molar-refractivity contribution in [2.24, 2.45) is 0 Å². The second kappa shape index (κ2) is 9.74. The third-order valence-electron chi connectivity index (χ3n) is 3.79. The second-order valence-corrected chi connectivity index (χ2v) is 6.17. The number of methoxy groups -OCH3 is 2. The molecule has 29 heavy (non-hydrogen) atoms. The molecule has 0 N–H and O–H groups in total. The summed E-state index contributed by atoms with van der Waals surface area (Å²) in [4.78, 5) is 13.1. The summed E-state index contributed by atoms with van der Waals surface area (Å²) in [6.45, 7) is 0.148. The molecule has 0 unspecified atom stereocenters. The first-order chi connectivity index (χ1) is 14.1. The quantitative estimate of drug-likeness (QED) is 0.386. The van der Waals surface area contributed by atoms with Gasteiger partial charge >= 0.3 is 5.97 Å². The highest BCUT2D eigenvalue weighted by Gasteiger charge is 2.13. The first kappa shape index (κ1) is 20.4. The number of esters is 1. The molecule has 10 heteroatoms. The van der Waals surface area contributed by atoms with Gasteiger partial charge in [-0.25, -0.2) is 4.79 Å². The Balaban J connectivity index is 1.49. The van der Waals surface area contributed by atoms with Crippen molar-refractivity contribution >= 4 is 17.6 Å². The zero-order valence-corrected chi connectivity index (χ0v) is 16.6. The van der Waals surface area contributed by atoms with Crippen molar-refractivity contribution in [2.75, 3.05) is 27.4 Å². The average molecular weight is 419 g/mol. The summed E-state index contributed by atoms with van der Waals surface area (Å²) in [7, 11) is 3.09. The molecule has 0 aliphatic rings. The van der Waals surface area contributed by atoms with Gasteiger partial charge in [0.2, 0.25) is 5.82 Å². The van der Waals surface area contributed by atoms with Crippen LogP contribution in [0.4, 0.5) is 0 Å². The van der Waals surface area contributed by atoms with E-state index in [1.807, 2.05) is 0 Å². The second-order valence-electron chi connectivity index (χ2n) is 5.74. The SMILES string of the molecule is COc1ccc(-c2nnn(CC(=O)OCCOc3ccc(Cl)cc3)n2)cc1OC. The maximum absolute atomic E-state index is 11.9. The van der Waals surface area contributed by atoms with E-state index in [9.17, 15) is 4.79 Å². The molecule has 0 bridgehead atoms. The Morgan fingerprint density at radius 3 is 2.52 bits per heavy atom. The number of carbonyl (C=O) groups is 1. The predicted octanol–water partition coefficient (Wildman–Crippen LogP) is 2.63. The molecule has 0 aliphatic carbocycles. The summed E-state index contributed by atoms with van der Waals surface area (Å²) < 4.78 is 21.0. The number of nitrogens with zero attached hydrogens (tertiary/aromatic N) is 4. The normalized spacial score (nSPS) is 10.4. The minimum Gasteiger partial charge on any atom is -0.493 e. The first-order valence-electron chi connectivity index (χ1n) is 8.63. The third-order valence-corrected chi connectivity index (χ3v) is 4.05. The van der Waals surface area contributed by atoms with Crippen LogP contribution in [0.1, 0.15) is 0 Å². The van der Waals surface area contributed by atoms with Crippen molar-refractivity contribution in [1.82, 2.24) is 20.2 Å². The minimum atomic E-state index is -0.499. The van der Waals surface area contributed by atoms with Crippen LogP contribution in [0.3, 0.4) is 0 Å². The van der Waals surface area contributed by atoms with E-state index in [-0.39, 0.29) is 19.8 Å². The predicted molar refractivity (Wildman–Crippen MR) is 104 cm³/mol. The molecule has 0 spiro atoms. The Labute approximate surface area is 172 Å². The third kappa shape index (κ3) is 5.58. The van der Waals surface area contributed by atoms with Crippen LogP contribution in [0, 0.1) is 0 Å². The molecular weight excluding hydrogens is 400 g/mol. The summed E-state index contributed by atoms with van der Waals surface area (Å²) in [6.07, 6.45) is 0. The van der Waals surface area contributed by atoms with Crippen molar-refractivity contribution in [2.45, 2.75) is 6.54 Å². The number of halogens is 1. The van der Waals surface area contributed by atoms with Crippen LogP contribution in [0.25, 0.3) is 11.4 Å². The van der Waals surface area contributed by atoms with Gasteiger partial charge in [-0.2, -0.15) is 4.80 Å². The van der Waals surface area contributed by atoms with Gasteiger partial charge in [0.1, 0.15) is 19.0 Å². The monoisotopic (exact) mass is 418 g/mol. The van der Waals surface area contributed by atoms with Gasteiger partial charge in [0, 0.05) is 10.6 Å². The van der Waals surface area contributed by atoms with Crippen LogP contribution in [0.5, 0.6) is 17.2 Å². The number of hydrogen-bond acceptors (Lipinski definition) is 8. The molecule has 0 fully saturated rings. The highest BCUT2D eigenvalue weighted by atomic mass is 35.5. The van der Waals surface area contributed by atoms with Gasteiger partial charge in [-0.3, -0.25) is 0 Å². The van der Waals surface area contributed by atoms with Crippen molar-refractivity contribution < 1.29 is 23.7 Å². The molecule has 0 saturated carbocycles. The van der Waals surface area contributed by atoms with E-state index >= 15 is 0 Å². The lowest BCUT2D eigenvalue weighted by molar-refractivity contribution is -0.145. The van der Waals surface area contributed by atoms with Gasteiger partial charge in [0.25, 0.3) is 0 Å². The molecular formula is C19H19ClN4O5. The van der Waals surface area contributed by atoms with E-state index < -0.39 is 5.97 Å². The number of tetrazole rings is 1. The topological polar surface area (TPSA) is 97.6 Å². The Morgan fingerprint density at radius 1 is 1.03 bits per heavy atom. The summed E-state index contributed by atoms with van der Waals surface area (Å²) in [6, 6.07) is 12.1. The molecule has 9 nitrogen and oxygen atoms in total. The maximum Gasteiger partial charge on any atom is 0.329 e. The van der Waals surface area contributed by atoms with Crippen LogP contribution >= 0.6 is 11.6 Å². The van der Waals surface area contributed by atoms with E-state index in [1.165, 1.54) is 0 Å². The van der Waals surface area contributed by atoms with Crippen molar-refractivity contribution in [3.63, 3.8) is 0 Å². The fourth-order valence-corrected chi connectivity index (χ4v) is 2.53. The highest BCUT2D eigenvalue weighted by molar-refractivity contribution is 6.30. The Kier molecular flexibility index (Phi) is 6.85. The molecule has 152 valence electrons. The zero-order valence-electron chi connectivity index (χ0n) is 15.9. The Bertz CT molecular complexity index is 961. The summed E-state index contributed by atoms with van der Waals surface area (Å²) in [5, 5.41) is 12.6. The highest BCUT2D eigenvalue weighted by Crippen LogP contribution is 2.30. The number of ether oxygens (including phenoxy) is 4. The van der Waals surface area contributed by atoms with Crippen LogP contribution in [0.2, 0.25) is 5.02 Å². The fourth-order valence-electron chi connectivity index (χ4n) is 2.41. The Morgan fingerprint density at radius 2 is 1.79 bits per heavy atom. The Hall–Kier alpha value is -3.33. The molecule has 3 rings (SSSR count). The number of aromatic nitrogens is 4. The van der Waals surface area contributed by atoms with E-state index in [4.69, 9.17) is 30.5 Å². The largest absolute Gasteiger partial charge is 0.493 e.